The van der Waals surface area contributed by atoms with E-state index in [2.05, 4.69) is 16.0 Å². The zero-order valence-corrected chi connectivity index (χ0v) is 6.90. The van der Waals surface area contributed by atoms with Crippen LogP contribution in [0, 0.1) is 0 Å². The molecular formula is C8H17N3. The summed E-state index contributed by atoms with van der Waals surface area (Å²) in [5.41, 5.74) is 0. The summed E-state index contributed by atoms with van der Waals surface area (Å²) >= 11 is 0. The second-order valence-corrected chi connectivity index (χ2v) is 3.54. The fourth-order valence-electron chi connectivity index (χ4n) is 1.45. The van der Waals surface area contributed by atoms with Crippen LogP contribution in [0.25, 0.3) is 0 Å². The molecule has 1 saturated carbocycles. The first-order chi connectivity index (χ1) is 5.45. The van der Waals surface area contributed by atoms with E-state index in [0.717, 1.165) is 32.2 Å². The van der Waals surface area contributed by atoms with Crippen LogP contribution in [0.5, 0.6) is 0 Å². The molecule has 0 radical (unpaired) electrons. The molecule has 2 fully saturated rings. The van der Waals surface area contributed by atoms with Gasteiger partial charge in [-0.2, -0.15) is 0 Å². The van der Waals surface area contributed by atoms with Gasteiger partial charge < -0.3 is 16.0 Å². The largest absolute Gasteiger partial charge is 0.314 e. The molecule has 3 N–H and O–H groups in total. The van der Waals surface area contributed by atoms with Crippen LogP contribution in [0.1, 0.15) is 12.8 Å². The molecule has 1 saturated heterocycles. The van der Waals surface area contributed by atoms with Gasteiger partial charge >= 0.3 is 0 Å². The molecular weight excluding hydrogens is 138 g/mol. The Kier molecular flexibility index (Phi) is 2.41. The van der Waals surface area contributed by atoms with Crippen molar-refractivity contribution in [3.05, 3.63) is 0 Å². The molecule has 1 aliphatic heterocycles. The Morgan fingerprint density at radius 2 is 2.18 bits per heavy atom. The van der Waals surface area contributed by atoms with Crippen molar-refractivity contribution in [2.75, 3.05) is 26.2 Å². The van der Waals surface area contributed by atoms with Crippen LogP contribution >= 0.6 is 0 Å². The van der Waals surface area contributed by atoms with E-state index < -0.39 is 0 Å². The summed E-state index contributed by atoms with van der Waals surface area (Å²) in [6.45, 7) is 4.51. The lowest BCUT2D eigenvalue weighted by molar-refractivity contribution is 0.399. The minimum absolute atomic E-state index is 0.657. The van der Waals surface area contributed by atoms with Crippen molar-refractivity contribution in [3.63, 3.8) is 0 Å². The molecule has 1 atom stereocenters. The van der Waals surface area contributed by atoms with E-state index in [1.54, 1.807) is 0 Å². The Hall–Kier alpha value is -0.120. The fraction of sp³-hybridized carbons (Fsp3) is 1.00. The molecule has 0 amide bonds. The maximum absolute atomic E-state index is 3.52. The van der Waals surface area contributed by atoms with Crippen molar-refractivity contribution in [1.29, 1.82) is 0 Å². The van der Waals surface area contributed by atoms with Crippen molar-refractivity contribution in [3.8, 4) is 0 Å². The third kappa shape index (κ3) is 2.43. The van der Waals surface area contributed by atoms with Gasteiger partial charge in [-0.1, -0.05) is 0 Å². The summed E-state index contributed by atoms with van der Waals surface area (Å²) in [4.78, 5) is 0. The average molecular weight is 155 g/mol. The smallest absolute Gasteiger partial charge is 0.0318 e. The standard InChI is InChI=1S/C8H17N3/c1-2-7(1)11-6-8-5-9-3-4-10-8/h7-11H,1-6H2/t8-/m1/s1. The molecule has 0 spiro atoms. The molecule has 0 aromatic carbocycles. The number of rotatable bonds is 3. The second kappa shape index (κ2) is 3.52. The van der Waals surface area contributed by atoms with Gasteiger partial charge in [0.25, 0.3) is 0 Å². The average Bonchev–Trinajstić information content (AvgIpc) is 2.86. The van der Waals surface area contributed by atoms with Gasteiger partial charge in [0.1, 0.15) is 0 Å². The van der Waals surface area contributed by atoms with Crippen molar-refractivity contribution in [2.24, 2.45) is 0 Å². The van der Waals surface area contributed by atoms with Crippen LogP contribution < -0.4 is 16.0 Å². The molecule has 0 unspecified atom stereocenters. The molecule has 1 aliphatic carbocycles. The highest BCUT2D eigenvalue weighted by Crippen LogP contribution is 2.18. The Morgan fingerprint density at radius 1 is 1.27 bits per heavy atom. The van der Waals surface area contributed by atoms with Crippen LogP contribution in [0.15, 0.2) is 0 Å². The molecule has 0 bridgehead atoms. The molecule has 64 valence electrons. The lowest BCUT2D eigenvalue weighted by Crippen LogP contribution is -2.52. The number of hydrogen-bond acceptors (Lipinski definition) is 3. The van der Waals surface area contributed by atoms with Crippen molar-refractivity contribution < 1.29 is 0 Å². The summed E-state index contributed by atoms with van der Waals surface area (Å²) in [5, 5.41) is 10.4. The molecule has 0 aromatic heterocycles. The Balaban J connectivity index is 1.59. The fourth-order valence-corrected chi connectivity index (χ4v) is 1.45. The monoisotopic (exact) mass is 155 g/mol. The van der Waals surface area contributed by atoms with Gasteiger partial charge in [0, 0.05) is 38.3 Å². The predicted molar refractivity (Wildman–Crippen MR) is 45.7 cm³/mol. The first-order valence-electron chi connectivity index (χ1n) is 4.62. The lowest BCUT2D eigenvalue weighted by atomic mass is 10.2. The topological polar surface area (TPSA) is 36.1 Å². The third-order valence-electron chi connectivity index (χ3n) is 2.36. The highest BCUT2D eigenvalue weighted by atomic mass is 15.1. The van der Waals surface area contributed by atoms with Gasteiger partial charge in [0.05, 0.1) is 0 Å². The first-order valence-corrected chi connectivity index (χ1v) is 4.62. The molecule has 0 aromatic rings. The predicted octanol–water partition coefficient (Wildman–Crippen LogP) is -0.700. The molecule has 3 nitrogen and oxygen atoms in total. The van der Waals surface area contributed by atoms with E-state index in [4.69, 9.17) is 0 Å². The van der Waals surface area contributed by atoms with Crippen molar-refractivity contribution in [1.82, 2.24) is 16.0 Å². The van der Waals surface area contributed by atoms with Crippen LogP contribution in [-0.4, -0.2) is 38.3 Å². The third-order valence-corrected chi connectivity index (χ3v) is 2.36. The SMILES string of the molecule is C1CN[C@@H](CNC2CC2)CN1. The van der Waals surface area contributed by atoms with E-state index in [1.165, 1.54) is 12.8 Å². The molecule has 11 heavy (non-hydrogen) atoms. The highest BCUT2D eigenvalue weighted by Gasteiger charge is 2.22. The molecule has 2 rings (SSSR count). The van der Waals surface area contributed by atoms with Crippen LogP contribution in [0.4, 0.5) is 0 Å². The maximum Gasteiger partial charge on any atom is 0.0318 e. The minimum atomic E-state index is 0.657. The summed E-state index contributed by atoms with van der Waals surface area (Å²) in [7, 11) is 0. The van der Waals surface area contributed by atoms with Crippen LogP contribution in [-0.2, 0) is 0 Å². The van der Waals surface area contributed by atoms with E-state index in [0.29, 0.717) is 6.04 Å². The van der Waals surface area contributed by atoms with E-state index in [9.17, 15) is 0 Å². The van der Waals surface area contributed by atoms with Gasteiger partial charge in [0.15, 0.2) is 0 Å². The number of nitrogens with one attached hydrogen (secondary N) is 3. The number of piperazine rings is 1. The zero-order valence-electron chi connectivity index (χ0n) is 6.90. The zero-order chi connectivity index (χ0) is 7.52. The van der Waals surface area contributed by atoms with E-state index in [-0.39, 0.29) is 0 Å². The molecule has 3 heteroatoms. The second-order valence-electron chi connectivity index (χ2n) is 3.54. The van der Waals surface area contributed by atoms with Gasteiger partial charge in [-0.05, 0) is 12.8 Å². The Morgan fingerprint density at radius 3 is 2.82 bits per heavy atom. The van der Waals surface area contributed by atoms with Gasteiger partial charge in [-0.3, -0.25) is 0 Å². The Bertz CT molecular complexity index is 117. The minimum Gasteiger partial charge on any atom is -0.314 e. The summed E-state index contributed by atoms with van der Waals surface area (Å²) < 4.78 is 0. The van der Waals surface area contributed by atoms with Crippen molar-refractivity contribution >= 4 is 0 Å². The van der Waals surface area contributed by atoms with E-state index in [1.807, 2.05) is 0 Å². The summed E-state index contributed by atoms with van der Waals surface area (Å²) in [6, 6.07) is 1.50. The van der Waals surface area contributed by atoms with Crippen LogP contribution in [0.2, 0.25) is 0 Å². The normalized spacial score (nSPS) is 32.2. The lowest BCUT2D eigenvalue weighted by Gasteiger charge is -2.24. The first kappa shape index (κ1) is 7.53. The quantitative estimate of drug-likeness (QED) is 0.504. The van der Waals surface area contributed by atoms with Crippen molar-refractivity contribution in [2.45, 2.75) is 24.9 Å². The number of hydrogen-bond donors (Lipinski definition) is 3. The van der Waals surface area contributed by atoms with Gasteiger partial charge in [-0.25, -0.2) is 0 Å². The van der Waals surface area contributed by atoms with Gasteiger partial charge in [-0.15, -0.1) is 0 Å². The van der Waals surface area contributed by atoms with Gasteiger partial charge in [0.2, 0.25) is 0 Å². The van der Waals surface area contributed by atoms with E-state index >= 15 is 0 Å². The van der Waals surface area contributed by atoms with Crippen LogP contribution in [0.3, 0.4) is 0 Å². The molecule has 1 heterocycles. The summed E-state index contributed by atoms with van der Waals surface area (Å²) in [5.74, 6) is 0. The highest BCUT2D eigenvalue weighted by molar-refractivity contribution is 4.85. The molecule has 2 aliphatic rings. The summed E-state index contributed by atoms with van der Waals surface area (Å²) in [6.07, 6.45) is 2.78. The maximum atomic E-state index is 3.52. The Labute approximate surface area is 67.9 Å².